The van der Waals surface area contributed by atoms with Gasteiger partial charge in [-0.2, -0.15) is 5.26 Å². The van der Waals surface area contributed by atoms with Crippen LogP contribution in [-0.4, -0.2) is 4.98 Å². The van der Waals surface area contributed by atoms with Crippen molar-refractivity contribution in [3.8, 4) is 6.07 Å². The summed E-state index contributed by atoms with van der Waals surface area (Å²) in [6.45, 7) is 8.22. The molecule has 108 valence electrons. The zero-order chi connectivity index (χ0) is 15.6. The lowest BCUT2D eigenvalue weighted by Crippen LogP contribution is -2.11. The molecule has 1 atom stereocenters. The summed E-state index contributed by atoms with van der Waals surface area (Å²) in [6, 6.07) is 9.64. The van der Waals surface area contributed by atoms with Crippen LogP contribution in [0.2, 0.25) is 5.02 Å². The maximum atomic E-state index is 8.90. The third-order valence-electron chi connectivity index (χ3n) is 3.49. The predicted molar refractivity (Wildman–Crippen MR) is 86.7 cm³/mol. The Labute approximate surface area is 130 Å². The lowest BCUT2D eigenvalue weighted by molar-refractivity contribution is 0.843. The van der Waals surface area contributed by atoms with Gasteiger partial charge in [0, 0.05) is 17.1 Å². The molecule has 0 bridgehead atoms. The second-order valence-corrected chi connectivity index (χ2v) is 5.66. The third kappa shape index (κ3) is 3.34. The first-order valence-corrected chi connectivity index (χ1v) is 7.21. The first-order chi connectivity index (χ1) is 9.92. The number of hydrogen-bond acceptors (Lipinski definition) is 3. The lowest BCUT2D eigenvalue weighted by Gasteiger charge is -2.20. The second kappa shape index (κ2) is 6.15. The minimum absolute atomic E-state index is 0.113. The van der Waals surface area contributed by atoms with Crippen LogP contribution in [0.5, 0.6) is 0 Å². The standard InChI is InChI=1S/C17H18ClN3/c1-10-7-11(2)20-12(3)17(10)13(4)21-15-6-5-14(9-19)16(18)8-15/h5-8,13,21H,1-4H3. The molecule has 1 unspecified atom stereocenters. The number of nitrogens with one attached hydrogen (secondary N) is 1. The highest BCUT2D eigenvalue weighted by Gasteiger charge is 2.13. The van der Waals surface area contributed by atoms with Crippen LogP contribution >= 0.6 is 11.6 Å². The Bertz CT molecular complexity index is 693. The Hall–Kier alpha value is -2.05. The van der Waals surface area contributed by atoms with Crippen molar-refractivity contribution in [3.05, 3.63) is 57.4 Å². The molecule has 0 aliphatic carbocycles. The highest BCUT2D eigenvalue weighted by Crippen LogP contribution is 2.27. The van der Waals surface area contributed by atoms with Crippen molar-refractivity contribution < 1.29 is 0 Å². The molecule has 3 nitrogen and oxygen atoms in total. The monoisotopic (exact) mass is 299 g/mol. The van der Waals surface area contributed by atoms with Gasteiger partial charge in [0.1, 0.15) is 6.07 Å². The van der Waals surface area contributed by atoms with E-state index >= 15 is 0 Å². The van der Waals surface area contributed by atoms with Gasteiger partial charge in [0.15, 0.2) is 0 Å². The molecule has 21 heavy (non-hydrogen) atoms. The molecule has 0 amide bonds. The van der Waals surface area contributed by atoms with E-state index in [1.54, 1.807) is 12.1 Å². The SMILES string of the molecule is Cc1cc(C)c(C(C)Nc2ccc(C#N)c(Cl)c2)c(C)n1. The van der Waals surface area contributed by atoms with Gasteiger partial charge in [0.05, 0.1) is 16.6 Å². The third-order valence-corrected chi connectivity index (χ3v) is 3.80. The molecule has 2 aromatic rings. The molecule has 0 aliphatic heterocycles. The van der Waals surface area contributed by atoms with E-state index in [2.05, 4.69) is 36.3 Å². The quantitative estimate of drug-likeness (QED) is 0.893. The molecular weight excluding hydrogens is 282 g/mol. The van der Waals surface area contributed by atoms with E-state index in [1.165, 1.54) is 11.1 Å². The smallest absolute Gasteiger partial charge is 0.101 e. The summed E-state index contributed by atoms with van der Waals surface area (Å²) in [5.74, 6) is 0. The first-order valence-electron chi connectivity index (χ1n) is 6.83. The Balaban J connectivity index is 2.28. The number of nitriles is 1. The molecule has 1 N–H and O–H groups in total. The molecule has 0 saturated heterocycles. The van der Waals surface area contributed by atoms with Gasteiger partial charge >= 0.3 is 0 Å². The fraction of sp³-hybridized carbons (Fsp3) is 0.294. The van der Waals surface area contributed by atoms with Crippen molar-refractivity contribution in [1.29, 1.82) is 5.26 Å². The number of halogens is 1. The van der Waals surface area contributed by atoms with E-state index in [0.717, 1.165) is 17.1 Å². The van der Waals surface area contributed by atoms with E-state index in [4.69, 9.17) is 16.9 Å². The van der Waals surface area contributed by atoms with Gasteiger partial charge < -0.3 is 5.32 Å². The molecule has 1 aromatic carbocycles. The zero-order valence-electron chi connectivity index (χ0n) is 12.7. The molecule has 1 heterocycles. The highest BCUT2D eigenvalue weighted by atomic mass is 35.5. The molecule has 1 aromatic heterocycles. The molecule has 0 spiro atoms. The number of aryl methyl sites for hydroxylation is 3. The van der Waals surface area contributed by atoms with Crippen LogP contribution < -0.4 is 5.32 Å². The summed E-state index contributed by atoms with van der Waals surface area (Å²) < 4.78 is 0. The number of pyridine rings is 1. The van der Waals surface area contributed by atoms with Gasteiger partial charge in [0.2, 0.25) is 0 Å². The largest absolute Gasteiger partial charge is 0.378 e. The molecule has 0 saturated carbocycles. The number of benzene rings is 1. The molecule has 4 heteroatoms. The average Bonchev–Trinajstić information content (AvgIpc) is 2.37. The lowest BCUT2D eigenvalue weighted by atomic mass is 10.00. The molecule has 0 fully saturated rings. The number of rotatable bonds is 3. The van der Waals surface area contributed by atoms with E-state index < -0.39 is 0 Å². The normalized spacial score (nSPS) is 11.8. The predicted octanol–water partition coefficient (Wildman–Crippen LogP) is 4.71. The van der Waals surface area contributed by atoms with Crippen molar-refractivity contribution >= 4 is 17.3 Å². The number of aromatic nitrogens is 1. The first kappa shape index (κ1) is 15.3. The highest BCUT2D eigenvalue weighted by molar-refractivity contribution is 6.32. The Morgan fingerprint density at radius 1 is 1.24 bits per heavy atom. The van der Waals surface area contributed by atoms with Crippen LogP contribution in [0, 0.1) is 32.1 Å². The van der Waals surface area contributed by atoms with Gasteiger partial charge in [-0.3, -0.25) is 4.98 Å². The minimum Gasteiger partial charge on any atom is -0.378 e. The van der Waals surface area contributed by atoms with Crippen molar-refractivity contribution in [2.24, 2.45) is 0 Å². The summed E-state index contributed by atoms with van der Waals surface area (Å²) in [4.78, 5) is 4.53. The van der Waals surface area contributed by atoms with Gasteiger partial charge in [-0.05, 0) is 63.1 Å². The van der Waals surface area contributed by atoms with Crippen molar-refractivity contribution in [2.75, 3.05) is 5.32 Å². The van der Waals surface area contributed by atoms with Crippen molar-refractivity contribution in [3.63, 3.8) is 0 Å². The Morgan fingerprint density at radius 3 is 2.52 bits per heavy atom. The van der Waals surface area contributed by atoms with Crippen LogP contribution in [0.25, 0.3) is 0 Å². The summed E-state index contributed by atoms with van der Waals surface area (Å²) in [5.41, 5.74) is 5.86. The van der Waals surface area contributed by atoms with Gasteiger partial charge in [-0.25, -0.2) is 0 Å². The maximum absolute atomic E-state index is 8.90. The summed E-state index contributed by atoms with van der Waals surface area (Å²) in [7, 11) is 0. The van der Waals surface area contributed by atoms with E-state index in [9.17, 15) is 0 Å². The van der Waals surface area contributed by atoms with Gasteiger partial charge in [-0.1, -0.05) is 11.6 Å². The van der Waals surface area contributed by atoms with Crippen molar-refractivity contribution in [2.45, 2.75) is 33.7 Å². The van der Waals surface area contributed by atoms with E-state index in [0.29, 0.717) is 10.6 Å². The topological polar surface area (TPSA) is 48.7 Å². The molecule has 2 rings (SSSR count). The van der Waals surface area contributed by atoms with Crippen LogP contribution in [0.15, 0.2) is 24.3 Å². The van der Waals surface area contributed by atoms with E-state index in [1.807, 2.05) is 19.9 Å². The van der Waals surface area contributed by atoms with Gasteiger partial charge in [0.25, 0.3) is 0 Å². The fourth-order valence-electron chi connectivity index (χ4n) is 2.71. The summed E-state index contributed by atoms with van der Waals surface area (Å²) >= 11 is 6.07. The van der Waals surface area contributed by atoms with Gasteiger partial charge in [-0.15, -0.1) is 0 Å². The second-order valence-electron chi connectivity index (χ2n) is 5.25. The van der Waals surface area contributed by atoms with Crippen molar-refractivity contribution in [1.82, 2.24) is 4.98 Å². The Kier molecular flexibility index (Phi) is 4.50. The minimum atomic E-state index is 0.113. The molecule has 0 radical (unpaired) electrons. The molecular formula is C17H18ClN3. The average molecular weight is 300 g/mol. The fourth-order valence-corrected chi connectivity index (χ4v) is 2.93. The summed E-state index contributed by atoms with van der Waals surface area (Å²) in [6.07, 6.45) is 0. The number of anilines is 1. The number of nitrogens with zero attached hydrogens (tertiary/aromatic N) is 2. The van der Waals surface area contributed by atoms with E-state index in [-0.39, 0.29) is 6.04 Å². The number of hydrogen-bond donors (Lipinski definition) is 1. The van der Waals surface area contributed by atoms with Crippen LogP contribution in [-0.2, 0) is 0 Å². The summed E-state index contributed by atoms with van der Waals surface area (Å²) in [5, 5.41) is 12.8. The van der Waals surface area contributed by atoms with Crippen LogP contribution in [0.3, 0.4) is 0 Å². The zero-order valence-corrected chi connectivity index (χ0v) is 13.4. The Morgan fingerprint density at radius 2 is 1.95 bits per heavy atom. The van der Waals surface area contributed by atoms with Crippen LogP contribution in [0.4, 0.5) is 5.69 Å². The maximum Gasteiger partial charge on any atom is 0.101 e. The molecule has 0 aliphatic rings. The van der Waals surface area contributed by atoms with Crippen LogP contribution in [0.1, 0.15) is 41.0 Å².